The largest absolute Gasteiger partial charge is 0.462 e. The third-order valence-corrected chi connectivity index (χ3v) is 9.00. The second-order valence-electron chi connectivity index (χ2n) is 9.72. The molecule has 10 nitrogen and oxygen atoms in total. The van der Waals surface area contributed by atoms with Crippen molar-refractivity contribution in [2.24, 2.45) is 0 Å². The molecule has 4 aromatic rings. The molecule has 0 radical (unpaired) electrons. The smallest absolute Gasteiger partial charge is 0.341 e. The van der Waals surface area contributed by atoms with Gasteiger partial charge in [-0.1, -0.05) is 23.9 Å². The molecule has 0 bridgehead atoms. The zero-order valence-electron chi connectivity index (χ0n) is 23.3. The maximum atomic E-state index is 13.4. The summed E-state index contributed by atoms with van der Waals surface area (Å²) in [4.78, 5) is 39.8. The van der Waals surface area contributed by atoms with Crippen molar-refractivity contribution >= 4 is 45.9 Å². The Labute approximate surface area is 245 Å². The van der Waals surface area contributed by atoms with E-state index >= 15 is 0 Å². The molecule has 1 atom stereocenters. The van der Waals surface area contributed by atoms with E-state index in [1.165, 1.54) is 29.4 Å². The zero-order chi connectivity index (χ0) is 29.1. The molecular weight excluding hydrogens is 562 g/mol. The molecule has 0 saturated carbocycles. The molecule has 0 spiro atoms. The molecular formula is C29H31N5O5S2. The van der Waals surface area contributed by atoms with Crippen LogP contribution in [0.5, 0.6) is 0 Å². The summed E-state index contributed by atoms with van der Waals surface area (Å²) >= 11 is 2.70. The van der Waals surface area contributed by atoms with Crippen molar-refractivity contribution < 1.29 is 23.5 Å². The van der Waals surface area contributed by atoms with Crippen LogP contribution < -0.4 is 10.6 Å². The fourth-order valence-electron chi connectivity index (χ4n) is 4.68. The van der Waals surface area contributed by atoms with Gasteiger partial charge in [0.25, 0.3) is 5.91 Å². The fraction of sp³-hybridized carbons (Fsp3) is 0.345. The van der Waals surface area contributed by atoms with E-state index < -0.39 is 11.2 Å². The average molecular weight is 594 g/mol. The van der Waals surface area contributed by atoms with Crippen LogP contribution in [0.4, 0.5) is 5.00 Å². The Morgan fingerprint density at radius 2 is 2.02 bits per heavy atom. The van der Waals surface area contributed by atoms with Crippen LogP contribution >= 0.6 is 23.1 Å². The van der Waals surface area contributed by atoms with E-state index in [-0.39, 0.29) is 30.7 Å². The molecule has 3 heterocycles. The molecule has 12 heteroatoms. The topological polar surface area (TPSA) is 128 Å². The predicted octanol–water partition coefficient (Wildman–Crippen LogP) is 5.25. The molecule has 0 fully saturated rings. The lowest BCUT2D eigenvalue weighted by molar-refractivity contribution is -0.115. The fourth-order valence-corrected chi connectivity index (χ4v) is 6.84. The van der Waals surface area contributed by atoms with Gasteiger partial charge < -0.3 is 19.8 Å². The molecule has 1 aromatic carbocycles. The standard InChI is InChI=1S/C29H31N5O5S2/c1-5-38-28(37)24-19-8-6-10-22(19)41-27(24)31-25(35)18(4)40-29-33-32-23(15-30-26(36)21-9-7-13-39-21)34(29)20-14-16(2)11-12-17(20)3/h7,9,11-14,18H,5-6,8,10,15H2,1-4H3,(H,30,36)(H,31,35). The summed E-state index contributed by atoms with van der Waals surface area (Å²) < 4.78 is 12.4. The Kier molecular flexibility index (Phi) is 8.60. The quantitative estimate of drug-likeness (QED) is 0.188. The number of esters is 1. The molecule has 1 aliphatic carbocycles. The van der Waals surface area contributed by atoms with E-state index in [2.05, 4.69) is 20.8 Å². The maximum Gasteiger partial charge on any atom is 0.341 e. The monoisotopic (exact) mass is 593 g/mol. The van der Waals surface area contributed by atoms with Gasteiger partial charge >= 0.3 is 5.97 Å². The summed E-state index contributed by atoms with van der Waals surface area (Å²) in [6.07, 6.45) is 4.13. The summed E-state index contributed by atoms with van der Waals surface area (Å²) in [6, 6.07) is 9.28. The van der Waals surface area contributed by atoms with Crippen molar-refractivity contribution in [3.8, 4) is 5.69 Å². The number of nitrogens with zero attached hydrogens (tertiary/aromatic N) is 3. The molecule has 3 aromatic heterocycles. The van der Waals surface area contributed by atoms with Gasteiger partial charge in [0, 0.05) is 4.88 Å². The number of aryl methyl sites for hydroxylation is 3. The molecule has 1 aliphatic rings. The van der Waals surface area contributed by atoms with Crippen LogP contribution in [0.3, 0.4) is 0 Å². The number of aromatic nitrogens is 3. The van der Waals surface area contributed by atoms with Crippen molar-refractivity contribution in [3.05, 3.63) is 75.3 Å². The molecule has 2 N–H and O–H groups in total. The SMILES string of the molecule is CCOC(=O)c1c(NC(=O)C(C)Sc2nnc(CNC(=O)c3ccco3)n2-c2cc(C)ccc2C)sc2c1CCC2. The second-order valence-corrected chi connectivity index (χ2v) is 12.1. The van der Waals surface area contributed by atoms with Crippen LogP contribution in [0.2, 0.25) is 0 Å². The van der Waals surface area contributed by atoms with Gasteiger partial charge in [-0.3, -0.25) is 14.2 Å². The van der Waals surface area contributed by atoms with Crippen LogP contribution in [-0.2, 0) is 28.9 Å². The van der Waals surface area contributed by atoms with Crippen molar-refractivity contribution in [2.75, 3.05) is 11.9 Å². The predicted molar refractivity (Wildman–Crippen MR) is 157 cm³/mol. The van der Waals surface area contributed by atoms with Gasteiger partial charge in [0.05, 0.1) is 35.9 Å². The van der Waals surface area contributed by atoms with Crippen LogP contribution in [0.1, 0.15) is 68.6 Å². The Bertz CT molecular complexity index is 1590. The highest BCUT2D eigenvalue weighted by molar-refractivity contribution is 8.00. The van der Waals surface area contributed by atoms with E-state index in [0.29, 0.717) is 21.5 Å². The van der Waals surface area contributed by atoms with Crippen LogP contribution in [0.25, 0.3) is 5.69 Å². The summed E-state index contributed by atoms with van der Waals surface area (Å²) in [5, 5.41) is 15.0. The molecule has 2 amide bonds. The zero-order valence-corrected chi connectivity index (χ0v) is 24.9. The number of nitrogens with one attached hydrogen (secondary N) is 2. The Hall–Kier alpha value is -3.90. The molecule has 5 rings (SSSR count). The van der Waals surface area contributed by atoms with E-state index in [1.807, 2.05) is 36.6 Å². The lowest BCUT2D eigenvalue weighted by Crippen LogP contribution is -2.25. The highest BCUT2D eigenvalue weighted by Crippen LogP contribution is 2.40. The Morgan fingerprint density at radius 3 is 2.78 bits per heavy atom. The van der Waals surface area contributed by atoms with Gasteiger partial charge in [-0.15, -0.1) is 21.5 Å². The summed E-state index contributed by atoms with van der Waals surface area (Å²) in [5.74, 6) is -0.327. The number of hydrogen-bond donors (Lipinski definition) is 2. The van der Waals surface area contributed by atoms with E-state index in [1.54, 1.807) is 26.0 Å². The van der Waals surface area contributed by atoms with Crippen LogP contribution in [-0.4, -0.2) is 44.4 Å². The number of fused-ring (bicyclic) bond motifs is 1. The normalized spacial score (nSPS) is 13.1. The molecule has 214 valence electrons. The first-order chi connectivity index (χ1) is 19.8. The highest BCUT2D eigenvalue weighted by atomic mass is 32.2. The number of thiophene rings is 1. The number of hydrogen-bond acceptors (Lipinski definition) is 9. The van der Waals surface area contributed by atoms with E-state index in [0.717, 1.165) is 46.5 Å². The number of furan rings is 1. The minimum Gasteiger partial charge on any atom is -0.462 e. The van der Waals surface area contributed by atoms with Crippen molar-refractivity contribution in [2.45, 2.75) is 63.9 Å². The van der Waals surface area contributed by atoms with Gasteiger partial charge in [-0.25, -0.2) is 4.79 Å². The number of thioether (sulfide) groups is 1. The third-order valence-electron chi connectivity index (χ3n) is 6.75. The Balaban J connectivity index is 1.39. The number of rotatable bonds is 10. The van der Waals surface area contributed by atoms with Crippen LogP contribution in [0, 0.1) is 13.8 Å². The van der Waals surface area contributed by atoms with Gasteiger partial charge in [0.2, 0.25) is 5.91 Å². The van der Waals surface area contributed by atoms with Gasteiger partial charge in [0.15, 0.2) is 16.7 Å². The highest BCUT2D eigenvalue weighted by Gasteiger charge is 2.30. The third kappa shape index (κ3) is 6.08. The number of amides is 2. The van der Waals surface area contributed by atoms with E-state index in [4.69, 9.17) is 9.15 Å². The van der Waals surface area contributed by atoms with Gasteiger partial charge in [-0.05, 0) is 81.8 Å². The first kappa shape index (κ1) is 28.6. The second kappa shape index (κ2) is 12.3. The molecule has 41 heavy (non-hydrogen) atoms. The minimum atomic E-state index is -0.569. The van der Waals surface area contributed by atoms with Crippen molar-refractivity contribution in [3.63, 3.8) is 0 Å². The summed E-state index contributed by atoms with van der Waals surface area (Å²) in [6.45, 7) is 7.90. The number of ether oxygens (including phenoxy) is 1. The average Bonchev–Trinajstić information content (AvgIpc) is 3.74. The number of benzene rings is 1. The van der Waals surface area contributed by atoms with Gasteiger partial charge in [-0.2, -0.15) is 0 Å². The van der Waals surface area contributed by atoms with Crippen molar-refractivity contribution in [1.29, 1.82) is 0 Å². The molecule has 1 unspecified atom stereocenters. The Morgan fingerprint density at radius 1 is 1.20 bits per heavy atom. The summed E-state index contributed by atoms with van der Waals surface area (Å²) in [5.41, 5.74) is 4.35. The van der Waals surface area contributed by atoms with Crippen molar-refractivity contribution in [1.82, 2.24) is 20.1 Å². The number of carbonyl (C=O) groups is 3. The molecule has 0 saturated heterocycles. The van der Waals surface area contributed by atoms with Crippen LogP contribution in [0.15, 0.2) is 46.2 Å². The molecule has 0 aliphatic heterocycles. The lowest BCUT2D eigenvalue weighted by atomic mass is 10.1. The van der Waals surface area contributed by atoms with Gasteiger partial charge in [0.1, 0.15) is 5.00 Å². The lowest BCUT2D eigenvalue weighted by Gasteiger charge is -2.16. The number of carbonyl (C=O) groups excluding carboxylic acids is 3. The summed E-state index contributed by atoms with van der Waals surface area (Å²) in [7, 11) is 0. The minimum absolute atomic E-state index is 0.102. The first-order valence-electron chi connectivity index (χ1n) is 13.4. The maximum absolute atomic E-state index is 13.4. The first-order valence-corrected chi connectivity index (χ1v) is 15.1. The van der Waals surface area contributed by atoms with E-state index in [9.17, 15) is 14.4 Å². The number of anilines is 1.